The Hall–Kier alpha value is -2.94. The monoisotopic (exact) mass is 370 g/mol. The van der Waals surface area contributed by atoms with Crippen LogP contribution >= 0.6 is 11.3 Å². The first kappa shape index (κ1) is 16.5. The highest BCUT2D eigenvalue weighted by Gasteiger charge is 2.15. The summed E-state index contributed by atoms with van der Waals surface area (Å²) in [6.45, 7) is 3.95. The van der Waals surface area contributed by atoms with Gasteiger partial charge in [-0.3, -0.25) is 4.79 Å². The van der Waals surface area contributed by atoms with Gasteiger partial charge >= 0.3 is 0 Å². The first-order valence-corrected chi connectivity index (χ1v) is 9.09. The number of imidazole rings is 1. The van der Waals surface area contributed by atoms with E-state index in [1.54, 1.807) is 7.11 Å². The molecule has 0 aliphatic rings. The molecule has 0 spiro atoms. The molecule has 0 amide bonds. The summed E-state index contributed by atoms with van der Waals surface area (Å²) in [6.07, 6.45) is 0.714. The molecule has 134 valence electrons. The van der Waals surface area contributed by atoms with Gasteiger partial charge in [0.2, 0.25) is 10.1 Å². The molecule has 4 aromatic rings. The zero-order valence-corrected chi connectivity index (χ0v) is 15.4. The third kappa shape index (κ3) is 2.90. The summed E-state index contributed by atoms with van der Waals surface area (Å²) in [5.41, 5.74) is 2.37. The van der Waals surface area contributed by atoms with Crippen LogP contribution in [-0.2, 0) is 6.42 Å². The molecule has 1 unspecified atom stereocenters. The van der Waals surface area contributed by atoms with Crippen molar-refractivity contribution in [3.63, 3.8) is 0 Å². The summed E-state index contributed by atoms with van der Waals surface area (Å²) >= 11 is 1.34. The molecule has 0 bridgehead atoms. The highest BCUT2D eigenvalue weighted by Crippen LogP contribution is 2.25. The Balaban J connectivity index is 1.63. The lowest BCUT2D eigenvalue weighted by Gasteiger charge is -2.08. The van der Waals surface area contributed by atoms with E-state index < -0.39 is 0 Å². The van der Waals surface area contributed by atoms with Crippen LogP contribution in [0, 0.1) is 0 Å². The van der Waals surface area contributed by atoms with Gasteiger partial charge in [-0.1, -0.05) is 18.3 Å². The molecule has 0 aliphatic heterocycles. The molecular weight excluding hydrogens is 352 g/mol. The summed E-state index contributed by atoms with van der Waals surface area (Å²) in [6, 6.07) is 7.10. The molecule has 0 saturated heterocycles. The van der Waals surface area contributed by atoms with Crippen LogP contribution in [0.1, 0.15) is 31.4 Å². The van der Waals surface area contributed by atoms with E-state index in [9.17, 15) is 4.79 Å². The maximum atomic E-state index is 12.1. The number of hydrogen-bond donors (Lipinski definition) is 2. The molecule has 0 radical (unpaired) electrons. The van der Waals surface area contributed by atoms with Gasteiger partial charge < -0.3 is 15.0 Å². The van der Waals surface area contributed by atoms with Crippen molar-refractivity contribution in [2.45, 2.75) is 26.3 Å². The molecule has 26 heavy (non-hydrogen) atoms. The zero-order valence-electron chi connectivity index (χ0n) is 14.6. The Morgan fingerprint density at radius 2 is 2.19 bits per heavy atom. The SMILES string of the molecule is CCc1cc(=O)n2nc(NC(C)c3nc4ccc(OC)cc4[nH]3)sc2n1. The van der Waals surface area contributed by atoms with E-state index in [0.717, 1.165) is 28.3 Å². The molecule has 1 atom stereocenters. The number of hydrogen-bond acceptors (Lipinski definition) is 7. The van der Waals surface area contributed by atoms with E-state index in [0.29, 0.717) is 16.5 Å². The van der Waals surface area contributed by atoms with Gasteiger partial charge in [-0.05, 0) is 25.5 Å². The lowest BCUT2D eigenvalue weighted by atomic mass is 10.3. The summed E-state index contributed by atoms with van der Waals surface area (Å²) in [4.78, 5) is 25.0. The van der Waals surface area contributed by atoms with E-state index in [-0.39, 0.29) is 11.6 Å². The molecule has 9 heteroatoms. The van der Waals surface area contributed by atoms with E-state index in [1.807, 2.05) is 32.0 Å². The normalized spacial score (nSPS) is 12.6. The van der Waals surface area contributed by atoms with Gasteiger partial charge in [0.15, 0.2) is 0 Å². The number of H-pyrrole nitrogens is 1. The van der Waals surface area contributed by atoms with Crippen molar-refractivity contribution in [3.8, 4) is 5.75 Å². The molecule has 3 aromatic heterocycles. The number of nitrogens with zero attached hydrogens (tertiary/aromatic N) is 4. The molecule has 1 aromatic carbocycles. The predicted molar refractivity (Wildman–Crippen MR) is 101 cm³/mol. The van der Waals surface area contributed by atoms with Crippen LogP contribution in [0.15, 0.2) is 29.1 Å². The Bertz CT molecular complexity index is 1150. The minimum absolute atomic E-state index is 0.115. The van der Waals surface area contributed by atoms with Gasteiger partial charge in [0.1, 0.15) is 11.6 Å². The topological polar surface area (TPSA) is 97.2 Å². The van der Waals surface area contributed by atoms with Crippen LogP contribution in [-0.4, -0.2) is 31.7 Å². The van der Waals surface area contributed by atoms with Crippen molar-refractivity contribution in [2.75, 3.05) is 12.4 Å². The van der Waals surface area contributed by atoms with Crippen molar-refractivity contribution >= 4 is 32.5 Å². The quantitative estimate of drug-likeness (QED) is 0.561. The largest absolute Gasteiger partial charge is 0.497 e. The number of ether oxygens (including phenoxy) is 1. The average molecular weight is 370 g/mol. The van der Waals surface area contributed by atoms with Gasteiger partial charge in [0.25, 0.3) is 5.56 Å². The Morgan fingerprint density at radius 1 is 1.35 bits per heavy atom. The predicted octanol–water partition coefficient (Wildman–Crippen LogP) is 2.77. The van der Waals surface area contributed by atoms with Crippen LogP contribution in [0.5, 0.6) is 5.75 Å². The molecule has 8 nitrogen and oxygen atoms in total. The van der Waals surface area contributed by atoms with Gasteiger partial charge in [-0.25, -0.2) is 9.97 Å². The number of aromatic amines is 1. The number of aryl methyl sites for hydroxylation is 1. The molecule has 0 fully saturated rings. The number of anilines is 1. The van der Waals surface area contributed by atoms with Crippen LogP contribution in [0.4, 0.5) is 5.13 Å². The number of nitrogens with one attached hydrogen (secondary N) is 2. The highest BCUT2D eigenvalue weighted by atomic mass is 32.1. The number of benzene rings is 1. The molecule has 0 aliphatic carbocycles. The first-order chi connectivity index (χ1) is 12.6. The highest BCUT2D eigenvalue weighted by molar-refractivity contribution is 7.20. The number of aromatic nitrogens is 5. The molecular formula is C17H18N6O2S. The second kappa shape index (κ2) is 6.41. The first-order valence-electron chi connectivity index (χ1n) is 8.27. The van der Waals surface area contributed by atoms with Crippen molar-refractivity contribution < 1.29 is 4.74 Å². The van der Waals surface area contributed by atoms with E-state index in [2.05, 4.69) is 25.4 Å². The van der Waals surface area contributed by atoms with Crippen molar-refractivity contribution in [1.29, 1.82) is 0 Å². The molecule has 0 saturated carbocycles. The lowest BCUT2D eigenvalue weighted by molar-refractivity contribution is 0.415. The van der Waals surface area contributed by atoms with Crippen LogP contribution < -0.4 is 15.6 Å². The summed E-state index contributed by atoms with van der Waals surface area (Å²) in [7, 11) is 1.63. The number of rotatable bonds is 5. The molecule has 2 N–H and O–H groups in total. The van der Waals surface area contributed by atoms with Crippen molar-refractivity contribution in [2.24, 2.45) is 0 Å². The minimum atomic E-state index is -0.167. The minimum Gasteiger partial charge on any atom is -0.497 e. The van der Waals surface area contributed by atoms with Gasteiger partial charge in [0, 0.05) is 17.8 Å². The average Bonchev–Trinajstić information content (AvgIpc) is 3.24. The fourth-order valence-electron chi connectivity index (χ4n) is 2.69. The third-order valence-corrected chi connectivity index (χ3v) is 4.96. The fraction of sp³-hybridized carbons (Fsp3) is 0.294. The van der Waals surface area contributed by atoms with Gasteiger partial charge in [0.05, 0.1) is 24.2 Å². The van der Waals surface area contributed by atoms with E-state index in [1.165, 1.54) is 21.9 Å². The summed E-state index contributed by atoms with van der Waals surface area (Å²) in [5.74, 6) is 1.55. The fourth-order valence-corrected chi connectivity index (χ4v) is 3.60. The third-order valence-electron chi connectivity index (χ3n) is 4.12. The van der Waals surface area contributed by atoms with Gasteiger partial charge in [-0.15, -0.1) is 5.10 Å². The Morgan fingerprint density at radius 3 is 2.96 bits per heavy atom. The van der Waals surface area contributed by atoms with Crippen molar-refractivity contribution in [3.05, 3.63) is 46.1 Å². The van der Waals surface area contributed by atoms with Gasteiger partial charge in [-0.2, -0.15) is 4.52 Å². The van der Waals surface area contributed by atoms with E-state index in [4.69, 9.17) is 4.74 Å². The van der Waals surface area contributed by atoms with Crippen LogP contribution in [0.3, 0.4) is 0 Å². The second-order valence-electron chi connectivity index (χ2n) is 5.91. The standard InChI is InChI=1S/C17H18N6O2S/c1-4-10-7-14(24)23-17(19-10)26-16(22-23)18-9(2)15-20-12-6-5-11(25-3)8-13(12)21-15/h5-9H,4H2,1-3H3,(H,18,22)(H,20,21). The zero-order chi connectivity index (χ0) is 18.3. The summed E-state index contributed by atoms with van der Waals surface area (Å²) < 4.78 is 6.56. The van der Waals surface area contributed by atoms with Crippen LogP contribution in [0.2, 0.25) is 0 Å². The maximum Gasteiger partial charge on any atom is 0.275 e. The Kier molecular flexibility index (Phi) is 4.08. The number of methoxy groups -OCH3 is 1. The number of fused-ring (bicyclic) bond motifs is 2. The lowest BCUT2D eigenvalue weighted by Crippen LogP contribution is -2.15. The summed E-state index contributed by atoms with van der Waals surface area (Å²) in [5, 5.41) is 8.23. The molecule has 4 rings (SSSR count). The van der Waals surface area contributed by atoms with Crippen LogP contribution in [0.25, 0.3) is 16.0 Å². The smallest absolute Gasteiger partial charge is 0.275 e. The second-order valence-corrected chi connectivity index (χ2v) is 6.87. The molecule has 3 heterocycles. The van der Waals surface area contributed by atoms with E-state index >= 15 is 0 Å². The van der Waals surface area contributed by atoms with Crippen molar-refractivity contribution in [1.82, 2.24) is 24.6 Å². The maximum absolute atomic E-state index is 12.1. The Labute approximate surface area is 152 Å².